The van der Waals surface area contributed by atoms with E-state index in [1.54, 1.807) is 6.26 Å². The maximum Gasteiger partial charge on any atom is 0.106 e. The van der Waals surface area contributed by atoms with E-state index in [1.165, 1.54) is 5.56 Å². The summed E-state index contributed by atoms with van der Waals surface area (Å²) in [5.41, 5.74) is 1.34. The van der Waals surface area contributed by atoms with Gasteiger partial charge in [0.15, 0.2) is 0 Å². The summed E-state index contributed by atoms with van der Waals surface area (Å²) in [6, 6.07) is 2.04. The van der Waals surface area contributed by atoms with Crippen molar-refractivity contribution in [3.05, 3.63) is 23.7 Å². The summed E-state index contributed by atoms with van der Waals surface area (Å²) < 4.78 is 5.20. The SMILES string of the molecule is CCc1ccoc1CC. The van der Waals surface area contributed by atoms with Gasteiger partial charge < -0.3 is 4.42 Å². The molecule has 0 saturated heterocycles. The summed E-state index contributed by atoms with van der Waals surface area (Å²) in [5, 5.41) is 0. The molecule has 0 aliphatic carbocycles. The van der Waals surface area contributed by atoms with E-state index in [2.05, 4.69) is 13.8 Å². The first-order chi connectivity index (χ1) is 4.38. The van der Waals surface area contributed by atoms with Crippen LogP contribution in [0.4, 0.5) is 0 Å². The van der Waals surface area contributed by atoms with Crippen LogP contribution in [-0.4, -0.2) is 0 Å². The molecule has 1 nitrogen and oxygen atoms in total. The molecule has 1 heteroatoms. The number of hydrogen-bond donors (Lipinski definition) is 0. The predicted octanol–water partition coefficient (Wildman–Crippen LogP) is 2.40. The summed E-state index contributed by atoms with van der Waals surface area (Å²) in [6.45, 7) is 4.25. The van der Waals surface area contributed by atoms with Crippen LogP contribution in [0.1, 0.15) is 25.2 Å². The average Bonchev–Trinajstić information content (AvgIpc) is 2.33. The van der Waals surface area contributed by atoms with Gasteiger partial charge in [0.1, 0.15) is 5.76 Å². The fraction of sp³-hybridized carbons (Fsp3) is 0.500. The summed E-state index contributed by atoms with van der Waals surface area (Å²) in [5.74, 6) is 1.14. The van der Waals surface area contributed by atoms with Crippen LogP contribution >= 0.6 is 0 Å². The molecule has 50 valence electrons. The van der Waals surface area contributed by atoms with Gasteiger partial charge >= 0.3 is 0 Å². The molecular weight excluding hydrogens is 112 g/mol. The second-order valence-electron chi connectivity index (χ2n) is 2.08. The van der Waals surface area contributed by atoms with Gasteiger partial charge in [0, 0.05) is 6.42 Å². The molecule has 0 bridgehead atoms. The molecule has 1 aromatic heterocycles. The number of aryl methyl sites for hydroxylation is 2. The van der Waals surface area contributed by atoms with Crippen molar-refractivity contribution < 1.29 is 4.42 Å². The largest absolute Gasteiger partial charge is 0.469 e. The quantitative estimate of drug-likeness (QED) is 0.590. The highest BCUT2D eigenvalue weighted by Crippen LogP contribution is 2.10. The van der Waals surface area contributed by atoms with Crippen molar-refractivity contribution in [1.29, 1.82) is 0 Å². The minimum atomic E-state index is 1.01. The molecule has 0 radical (unpaired) electrons. The van der Waals surface area contributed by atoms with Crippen molar-refractivity contribution in [3.63, 3.8) is 0 Å². The maximum atomic E-state index is 5.20. The van der Waals surface area contributed by atoms with Crippen LogP contribution in [0.3, 0.4) is 0 Å². The van der Waals surface area contributed by atoms with Crippen molar-refractivity contribution in [3.8, 4) is 0 Å². The van der Waals surface area contributed by atoms with Crippen molar-refractivity contribution in [2.24, 2.45) is 0 Å². The van der Waals surface area contributed by atoms with E-state index in [4.69, 9.17) is 4.42 Å². The second-order valence-corrected chi connectivity index (χ2v) is 2.08. The molecule has 1 rings (SSSR count). The topological polar surface area (TPSA) is 13.1 Å². The Morgan fingerprint density at radius 1 is 1.33 bits per heavy atom. The van der Waals surface area contributed by atoms with Gasteiger partial charge in [-0.05, 0) is 18.1 Å². The maximum absolute atomic E-state index is 5.20. The summed E-state index contributed by atoms with van der Waals surface area (Å²) >= 11 is 0. The van der Waals surface area contributed by atoms with Gasteiger partial charge in [0.05, 0.1) is 6.26 Å². The molecular formula is C8H12O. The van der Waals surface area contributed by atoms with Crippen molar-refractivity contribution >= 4 is 0 Å². The Morgan fingerprint density at radius 2 is 2.11 bits per heavy atom. The highest BCUT2D eigenvalue weighted by Gasteiger charge is 1.98. The van der Waals surface area contributed by atoms with Crippen molar-refractivity contribution in [2.75, 3.05) is 0 Å². The standard InChI is InChI=1S/C8H12O/c1-3-7-5-6-9-8(7)4-2/h5-6H,3-4H2,1-2H3. The first-order valence-corrected chi connectivity index (χ1v) is 3.43. The third kappa shape index (κ3) is 1.15. The van der Waals surface area contributed by atoms with E-state index in [0.717, 1.165) is 18.6 Å². The zero-order valence-corrected chi connectivity index (χ0v) is 5.98. The molecule has 0 aliphatic heterocycles. The fourth-order valence-corrected chi connectivity index (χ4v) is 0.992. The van der Waals surface area contributed by atoms with Crippen molar-refractivity contribution in [1.82, 2.24) is 0 Å². The smallest absolute Gasteiger partial charge is 0.106 e. The average molecular weight is 124 g/mol. The molecule has 0 unspecified atom stereocenters. The summed E-state index contributed by atoms with van der Waals surface area (Å²) in [6.07, 6.45) is 3.85. The molecule has 0 atom stereocenters. The Morgan fingerprint density at radius 3 is 2.56 bits per heavy atom. The lowest BCUT2D eigenvalue weighted by atomic mass is 10.2. The number of rotatable bonds is 2. The number of hydrogen-bond acceptors (Lipinski definition) is 1. The minimum Gasteiger partial charge on any atom is -0.469 e. The van der Waals surface area contributed by atoms with Crippen LogP contribution in [0.15, 0.2) is 16.7 Å². The second kappa shape index (κ2) is 2.72. The predicted molar refractivity (Wildman–Crippen MR) is 37.5 cm³/mol. The summed E-state index contributed by atoms with van der Waals surface area (Å²) in [4.78, 5) is 0. The minimum absolute atomic E-state index is 1.01. The Bertz CT molecular complexity index is 158. The van der Waals surface area contributed by atoms with E-state index in [1.807, 2.05) is 6.07 Å². The molecule has 0 saturated carbocycles. The van der Waals surface area contributed by atoms with Gasteiger partial charge in [0.25, 0.3) is 0 Å². The Balaban J connectivity index is 2.85. The van der Waals surface area contributed by atoms with Gasteiger partial charge in [-0.25, -0.2) is 0 Å². The zero-order chi connectivity index (χ0) is 6.69. The van der Waals surface area contributed by atoms with Gasteiger partial charge in [-0.15, -0.1) is 0 Å². The van der Waals surface area contributed by atoms with Crippen LogP contribution in [0.5, 0.6) is 0 Å². The van der Waals surface area contributed by atoms with Gasteiger partial charge in [0.2, 0.25) is 0 Å². The Kier molecular flexibility index (Phi) is 1.93. The van der Waals surface area contributed by atoms with Crippen molar-refractivity contribution in [2.45, 2.75) is 26.7 Å². The molecule has 0 N–H and O–H groups in total. The fourth-order valence-electron chi connectivity index (χ4n) is 0.992. The first-order valence-electron chi connectivity index (χ1n) is 3.43. The molecule has 0 aliphatic rings. The van der Waals surface area contributed by atoms with E-state index in [9.17, 15) is 0 Å². The molecule has 9 heavy (non-hydrogen) atoms. The molecule has 0 fully saturated rings. The molecule has 1 heterocycles. The van der Waals surface area contributed by atoms with Gasteiger partial charge in [-0.3, -0.25) is 0 Å². The third-order valence-electron chi connectivity index (χ3n) is 1.54. The lowest BCUT2D eigenvalue weighted by Crippen LogP contribution is -1.81. The van der Waals surface area contributed by atoms with E-state index in [-0.39, 0.29) is 0 Å². The molecule has 1 aromatic rings. The Hall–Kier alpha value is -0.720. The van der Waals surface area contributed by atoms with Crippen LogP contribution in [0.25, 0.3) is 0 Å². The highest BCUT2D eigenvalue weighted by molar-refractivity contribution is 5.16. The third-order valence-corrected chi connectivity index (χ3v) is 1.54. The Labute approximate surface area is 55.7 Å². The van der Waals surface area contributed by atoms with Crippen LogP contribution < -0.4 is 0 Å². The first kappa shape index (κ1) is 6.40. The van der Waals surface area contributed by atoms with Crippen LogP contribution in [0.2, 0.25) is 0 Å². The van der Waals surface area contributed by atoms with E-state index in [0.29, 0.717) is 0 Å². The molecule has 0 spiro atoms. The van der Waals surface area contributed by atoms with Crippen LogP contribution in [-0.2, 0) is 12.8 Å². The van der Waals surface area contributed by atoms with E-state index < -0.39 is 0 Å². The normalized spacial score (nSPS) is 10.0. The lowest BCUT2D eigenvalue weighted by Gasteiger charge is -1.91. The summed E-state index contributed by atoms with van der Waals surface area (Å²) in [7, 11) is 0. The highest BCUT2D eigenvalue weighted by atomic mass is 16.3. The van der Waals surface area contributed by atoms with Gasteiger partial charge in [-0.2, -0.15) is 0 Å². The lowest BCUT2D eigenvalue weighted by molar-refractivity contribution is 0.512. The monoisotopic (exact) mass is 124 g/mol. The zero-order valence-electron chi connectivity index (χ0n) is 5.98. The van der Waals surface area contributed by atoms with Crippen LogP contribution in [0, 0.1) is 0 Å². The van der Waals surface area contributed by atoms with Gasteiger partial charge in [-0.1, -0.05) is 13.8 Å². The molecule has 0 amide bonds. The number of furan rings is 1. The molecule has 0 aromatic carbocycles. The van der Waals surface area contributed by atoms with E-state index >= 15 is 0 Å².